The van der Waals surface area contributed by atoms with Gasteiger partial charge < -0.3 is 10.1 Å². The summed E-state index contributed by atoms with van der Waals surface area (Å²) in [4.78, 5) is 0. The molecule has 2 nitrogen and oxygen atoms in total. The van der Waals surface area contributed by atoms with Crippen LogP contribution in [-0.2, 0) is 4.74 Å². The molecule has 1 aromatic rings. The van der Waals surface area contributed by atoms with E-state index in [0.29, 0.717) is 13.2 Å². The molecule has 0 fully saturated rings. The Balaban J connectivity index is 2.53. The van der Waals surface area contributed by atoms with Gasteiger partial charge in [0.1, 0.15) is 11.6 Å². The molecule has 1 N–H and O–H groups in total. The third-order valence-corrected chi connectivity index (χ3v) is 2.02. The lowest BCUT2D eigenvalue weighted by Crippen LogP contribution is -2.16. The maximum atomic E-state index is 13.1. The largest absolute Gasteiger partial charge is 0.384 e. The average molecular weight is 215 g/mol. The molecule has 0 saturated carbocycles. The number of hydrogen-bond donors (Lipinski definition) is 1. The van der Waals surface area contributed by atoms with E-state index >= 15 is 0 Å². The lowest BCUT2D eigenvalue weighted by molar-refractivity contribution is 0.164. The Kier molecular flexibility index (Phi) is 4.49. The van der Waals surface area contributed by atoms with Crippen molar-refractivity contribution in [2.75, 3.05) is 25.6 Å². The van der Waals surface area contributed by atoms with Crippen molar-refractivity contribution in [3.8, 4) is 0 Å². The number of hydrogen-bond acceptors (Lipinski definition) is 2. The fourth-order valence-electron chi connectivity index (χ4n) is 1.26. The topological polar surface area (TPSA) is 21.3 Å². The molecule has 0 bridgehead atoms. The zero-order valence-corrected chi connectivity index (χ0v) is 8.89. The van der Waals surface area contributed by atoms with E-state index in [0.717, 1.165) is 18.2 Å². The van der Waals surface area contributed by atoms with E-state index in [9.17, 15) is 8.78 Å². The Hall–Kier alpha value is -1.16. The summed E-state index contributed by atoms with van der Waals surface area (Å²) in [7, 11) is 1.61. The van der Waals surface area contributed by atoms with Crippen molar-refractivity contribution in [3.63, 3.8) is 0 Å². The van der Waals surface area contributed by atoms with Gasteiger partial charge in [-0.05, 0) is 24.1 Å². The molecular weight excluding hydrogens is 200 g/mol. The Morgan fingerprint density at radius 3 is 2.80 bits per heavy atom. The normalized spacial score (nSPS) is 12.5. The number of nitrogens with one attached hydrogen (secondary N) is 1. The molecule has 4 heteroatoms. The molecule has 1 unspecified atom stereocenters. The second-order valence-electron chi connectivity index (χ2n) is 3.57. The Bertz CT molecular complexity index is 317. The molecular formula is C11H15F2NO. The van der Waals surface area contributed by atoms with Crippen LogP contribution in [0.4, 0.5) is 14.5 Å². The van der Waals surface area contributed by atoms with Crippen LogP contribution in [0.5, 0.6) is 0 Å². The molecule has 1 atom stereocenters. The number of anilines is 1. The van der Waals surface area contributed by atoms with Gasteiger partial charge in [-0.25, -0.2) is 8.78 Å². The zero-order chi connectivity index (χ0) is 11.3. The van der Waals surface area contributed by atoms with Gasteiger partial charge in [0.05, 0.1) is 12.3 Å². The van der Waals surface area contributed by atoms with Crippen LogP contribution in [-0.4, -0.2) is 20.3 Å². The van der Waals surface area contributed by atoms with E-state index in [2.05, 4.69) is 5.32 Å². The first-order valence-electron chi connectivity index (χ1n) is 4.81. The molecule has 84 valence electrons. The third-order valence-electron chi connectivity index (χ3n) is 2.02. The minimum Gasteiger partial charge on any atom is -0.384 e. The van der Waals surface area contributed by atoms with Gasteiger partial charge in [0.15, 0.2) is 0 Å². The van der Waals surface area contributed by atoms with E-state index in [-0.39, 0.29) is 11.6 Å². The highest BCUT2D eigenvalue weighted by Gasteiger charge is 2.05. The standard InChI is InChI=1S/C11H15F2NO/c1-8(7-15-2)6-14-11-5-9(12)3-4-10(11)13/h3-5,8,14H,6-7H2,1-2H3. The number of rotatable bonds is 5. The van der Waals surface area contributed by atoms with Crippen molar-refractivity contribution in [1.82, 2.24) is 0 Å². The maximum absolute atomic E-state index is 13.1. The van der Waals surface area contributed by atoms with Crippen LogP contribution in [0, 0.1) is 17.6 Å². The summed E-state index contributed by atoms with van der Waals surface area (Å²) in [6, 6.07) is 3.35. The van der Waals surface area contributed by atoms with Crippen molar-refractivity contribution in [1.29, 1.82) is 0 Å². The van der Waals surface area contributed by atoms with Crippen LogP contribution < -0.4 is 5.32 Å². The average Bonchev–Trinajstić information content (AvgIpc) is 2.20. The van der Waals surface area contributed by atoms with E-state index in [1.54, 1.807) is 7.11 Å². The highest BCUT2D eigenvalue weighted by Crippen LogP contribution is 2.15. The van der Waals surface area contributed by atoms with Crippen molar-refractivity contribution in [2.45, 2.75) is 6.92 Å². The Labute approximate surface area is 88.3 Å². The summed E-state index contributed by atoms with van der Waals surface area (Å²) in [6.07, 6.45) is 0. The number of halogens is 2. The van der Waals surface area contributed by atoms with Crippen LogP contribution in [0.3, 0.4) is 0 Å². The first-order valence-corrected chi connectivity index (χ1v) is 4.81. The van der Waals surface area contributed by atoms with E-state index in [1.165, 1.54) is 0 Å². The van der Waals surface area contributed by atoms with Gasteiger partial charge in [-0.1, -0.05) is 6.92 Å². The molecule has 0 amide bonds. The molecule has 0 radical (unpaired) electrons. The van der Waals surface area contributed by atoms with Gasteiger partial charge in [-0.15, -0.1) is 0 Å². The van der Waals surface area contributed by atoms with Crippen molar-refractivity contribution < 1.29 is 13.5 Å². The summed E-state index contributed by atoms with van der Waals surface area (Å²) >= 11 is 0. The third kappa shape index (κ3) is 3.83. The van der Waals surface area contributed by atoms with Gasteiger partial charge in [0.2, 0.25) is 0 Å². The highest BCUT2D eigenvalue weighted by molar-refractivity contribution is 5.44. The number of benzene rings is 1. The summed E-state index contributed by atoms with van der Waals surface area (Å²) in [5.74, 6) is -0.642. The van der Waals surface area contributed by atoms with Gasteiger partial charge >= 0.3 is 0 Å². The minimum atomic E-state index is -0.446. The molecule has 0 heterocycles. The summed E-state index contributed by atoms with van der Waals surface area (Å²) < 4.78 is 30.9. The predicted octanol–water partition coefficient (Wildman–Crippen LogP) is 2.66. The molecule has 0 saturated heterocycles. The number of methoxy groups -OCH3 is 1. The van der Waals surface area contributed by atoms with Crippen molar-refractivity contribution in [2.24, 2.45) is 5.92 Å². The number of ether oxygens (including phenoxy) is 1. The molecule has 1 rings (SSSR count). The molecule has 0 aliphatic carbocycles. The Morgan fingerprint density at radius 2 is 2.13 bits per heavy atom. The summed E-state index contributed by atoms with van der Waals surface area (Å²) in [6.45, 7) is 3.10. The summed E-state index contributed by atoms with van der Waals surface area (Å²) in [5.41, 5.74) is 0.193. The van der Waals surface area contributed by atoms with E-state index in [1.807, 2.05) is 6.92 Å². The van der Waals surface area contributed by atoms with Crippen LogP contribution in [0.25, 0.3) is 0 Å². The van der Waals surface area contributed by atoms with Crippen LogP contribution in [0.15, 0.2) is 18.2 Å². The molecule has 15 heavy (non-hydrogen) atoms. The smallest absolute Gasteiger partial charge is 0.146 e. The van der Waals surface area contributed by atoms with E-state index < -0.39 is 11.6 Å². The summed E-state index contributed by atoms with van der Waals surface area (Å²) in [5, 5.41) is 2.84. The highest BCUT2D eigenvalue weighted by atomic mass is 19.1. The van der Waals surface area contributed by atoms with E-state index in [4.69, 9.17) is 4.74 Å². The molecule has 0 aliphatic rings. The minimum absolute atomic E-state index is 0.193. The molecule has 0 spiro atoms. The van der Waals surface area contributed by atoms with Crippen LogP contribution in [0.1, 0.15) is 6.92 Å². The van der Waals surface area contributed by atoms with Crippen LogP contribution >= 0.6 is 0 Å². The SMILES string of the molecule is COCC(C)CNc1cc(F)ccc1F. The molecule has 0 aliphatic heterocycles. The second-order valence-corrected chi connectivity index (χ2v) is 3.57. The Morgan fingerprint density at radius 1 is 1.40 bits per heavy atom. The first-order chi connectivity index (χ1) is 7.13. The van der Waals surface area contributed by atoms with Crippen LogP contribution in [0.2, 0.25) is 0 Å². The van der Waals surface area contributed by atoms with Crippen molar-refractivity contribution >= 4 is 5.69 Å². The lowest BCUT2D eigenvalue weighted by Gasteiger charge is -2.13. The van der Waals surface area contributed by atoms with Gasteiger partial charge in [0, 0.05) is 13.7 Å². The monoisotopic (exact) mass is 215 g/mol. The quantitative estimate of drug-likeness (QED) is 0.815. The lowest BCUT2D eigenvalue weighted by atomic mass is 10.2. The first kappa shape index (κ1) is 11.9. The fraction of sp³-hybridized carbons (Fsp3) is 0.455. The fourth-order valence-corrected chi connectivity index (χ4v) is 1.26. The zero-order valence-electron chi connectivity index (χ0n) is 8.89. The maximum Gasteiger partial charge on any atom is 0.146 e. The molecule has 0 aromatic heterocycles. The van der Waals surface area contributed by atoms with Gasteiger partial charge in [0.25, 0.3) is 0 Å². The predicted molar refractivity (Wildman–Crippen MR) is 55.9 cm³/mol. The molecule has 1 aromatic carbocycles. The van der Waals surface area contributed by atoms with Gasteiger partial charge in [-0.3, -0.25) is 0 Å². The second kappa shape index (κ2) is 5.66. The van der Waals surface area contributed by atoms with Crippen molar-refractivity contribution in [3.05, 3.63) is 29.8 Å². The van der Waals surface area contributed by atoms with Gasteiger partial charge in [-0.2, -0.15) is 0 Å².